The van der Waals surface area contributed by atoms with Crippen LogP contribution >= 0.6 is 0 Å². The molecule has 2 nitrogen and oxygen atoms in total. The molecule has 0 aromatic heterocycles. The van der Waals surface area contributed by atoms with Crippen LogP contribution in [0, 0.1) is 0 Å². The van der Waals surface area contributed by atoms with Crippen molar-refractivity contribution in [2.75, 3.05) is 6.61 Å². The summed E-state index contributed by atoms with van der Waals surface area (Å²) in [6, 6.07) is 0. The van der Waals surface area contributed by atoms with Gasteiger partial charge >= 0.3 is 285 Å². The zero-order chi connectivity index (χ0) is 32.7. The Balaban J connectivity index is 6.89. The zero-order valence-corrected chi connectivity index (χ0v) is 34.6. The van der Waals surface area contributed by atoms with E-state index in [-0.39, 0.29) is 6.92 Å². The summed E-state index contributed by atoms with van der Waals surface area (Å²) in [6.45, 7) is 19.7. The summed E-state index contributed by atoms with van der Waals surface area (Å²) in [5, 5.41) is 0. The summed E-state index contributed by atoms with van der Waals surface area (Å²) in [6.07, 6.45) is 34.1. The van der Waals surface area contributed by atoms with Crippen LogP contribution in [-0.4, -0.2) is 31.9 Å². The van der Waals surface area contributed by atoms with Gasteiger partial charge in [-0.1, -0.05) is 0 Å². The molecule has 0 spiro atoms. The number of hydrogen-bond donors (Lipinski definition) is 0. The van der Waals surface area contributed by atoms with E-state index >= 15 is 0 Å². The summed E-state index contributed by atoms with van der Waals surface area (Å²) in [5.74, 6) is 0.852. The molecule has 0 radical (unpaired) electrons. The van der Waals surface area contributed by atoms with Gasteiger partial charge in [-0.15, -0.1) is 0 Å². The first kappa shape index (κ1) is 43.9. The first-order valence-corrected chi connectivity index (χ1v) is 27.7. The molecular weight excluding hydrogens is 642 g/mol. The molecule has 0 heterocycles. The fourth-order valence-corrected chi connectivity index (χ4v) is 25.0. The van der Waals surface area contributed by atoms with Crippen molar-refractivity contribution < 1.29 is 9.39 Å². The Morgan fingerprint density at radius 1 is 0.500 bits per heavy atom. The molecule has 44 heavy (non-hydrogen) atoms. The van der Waals surface area contributed by atoms with Gasteiger partial charge in [0.2, 0.25) is 0 Å². The van der Waals surface area contributed by atoms with E-state index in [0.29, 0.717) is 6.61 Å². The van der Waals surface area contributed by atoms with Gasteiger partial charge in [0.15, 0.2) is 0 Å². The molecule has 0 bridgehead atoms. The average Bonchev–Trinajstić information content (AvgIpc) is 3.03. The third kappa shape index (κ3) is 20.9. The minimum absolute atomic E-state index is 0.287. The van der Waals surface area contributed by atoms with Crippen molar-refractivity contribution in [3.8, 4) is 0 Å². The van der Waals surface area contributed by atoms with Crippen LogP contribution in [0.5, 0.6) is 0 Å². The molecule has 0 saturated carbocycles. The Bertz CT molecular complexity index is 655. The minimum atomic E-state index is -2.62. The third-order valence-electron chi connectivity index (χ3n) is 9.76. The van der Waals surface area contributed by atoms with E-state index in [1.807, 2.05) is 3.59 Å². The molecular formula is C40H81BO2Sn. The van der Waals surface area contributed by atoms with E-state index < -0.39 is 18.4 Å². The van der Waals surface area contributed by atoms with Crippen molar-refractivity contribution in [3.05, 3.63) is 21.2 Å². The molecule has 0 aromatic carbocycles. The Kier molecular flexibility index (Phi) is 31.5. The van der Waals surface area contributed by atoms with E-state index in [1.165, 1.54) is 154 Å². The molecule has 0 aliphatic carbocycles. The molecule has 260 valence electrons. The molecule has 0 aromatic rings. The van der Waals surface area contributed by atoms with E-state index in [1.54, 1.807) is 18.9 Å². The standard InChI is InChI=1S/C28H54BO2.3C4H9.Sn/c1-6-11-15-19-23-27(22-18-14-9-4)26-28(30-10-5)31-29(24-20-16-12-7-2)25-21-17-13-8-3;3*1-3-4-2;/h26H,6-21,23-25H2,1-5H3;3*1,3-4H2,2H3;/b27-22?,28-26-;;;;. The fraction of sp³-hybridized carbons (Fsp3) is 0.900. The van der Waals surface area contributed by atoms with Gasteiger partial charge in [0, 0.05) is 0 Å². The molecule has 0 aliphatic rings. The Labute approximate surface area is 283 Å². The van der Waals surface area contributed by atoms with Crippen molar-refractivity contribution in [1.82, 2.24) is 0 Å². The van der Waals surface area contributed by atoms with Crippen molar-refractivity contribution in [1.29, 1.82) is 0 Å². The Morgan fingerprint density at radius 2 is 0.955 bits per heavy atom. The van der Waals surface area contributed by atoms with Gasteiger partial charge in [-0.25, -0.2) is 0 Å². The summed E-state index contributed by atoms with van der Waals surface area (Å²) in [7, 11) is 0. The van der Waals surface area contributed by atoms with Crippen LogP contribution in [0.1, 0.15) is 197 Å². The number of allylic oxidation sites excluding steroid dienone is 3. The van der Waals surface area contributed by atoms with Crippen molar-refractivity contribution in [2.45, 2.75) is 223 Å². The van der Waals surface area contributed by atoms with Gasteiger partial charge in [0.25, 0.3) is 0 Å². The van der Waals surface area contributed by atoms with Gasteiger partial charge in [-0.2, -0.15) is 0 Å². The van der Waals surface area contributed by atoms with E-state index in [2.05, 4.69) is 61.5 Å². The second-order valence-electron chi connectivity index (χ2n) is 13.8. The van der Waals surface area contributed by atoms with Gasteiger partial charge in [0.1, 0.15) is 0 Å². The van der Waals surface area contributed by atoms with Crippen molar-refractivity contribution in [2.24, 2.45) is 0 Å². The van der Waals surface area contributed by atoms with Crippen LogP contribution in [-0.2, 0) is 9.39 Å². The Hall–Kier alpha value is -0.0564. The quantitative estimate of drug-likeness (QED) is 0.0291. The van der Waals surface area contributed by atoms with Crippen molar-refractivity contribution in [3.63, 3.8) is 0 Å². The van der Waals surface area contributed by atoms with Crippen LogP contribution in [0.3, 0.4) is 0 Å². The average molecular weight is 724 g/mol. The number of rotatable bonds is 33. The Morgan fingerprint density at radius 3 is 1.39 bits per heavy atom. The summed E-state index contributed by atoms with van der Waals surface area (Å²) >= 11 is -2.62. The van der Waals surface area contributed by atoms with Gasteiger partial charge in [0.05, 0.1) is 0 Å². The second-order valence-corrected chi connectivity index (χ2v) is 27.2. The number of hydrogen-bond acceptors (Lipinski definition) is 2. The molecule has 0 saturated heterocycles. The van der Waals surface area contributed by atoms with Crippen LogP contribution < -0.4 is 0 Å². The number of unbranched alkanes of at least 4 members (excludes halogenated alkanes) is 13. The second kappa shape index (κ2) is 31.5. The van der Waals surface area contributed by atoms with Crippen LogP contribution in [0.2, 0.25) is 26.0 Å². The SMILES string of the molecule is CCCCCCB(CCCCCC)O/C(=C\C(CCCCCC)=[C](\CCCC)[Sn]([CH2]CCC)([CH2]CCC)[CH2]CCC)OCC. The molecule has 4 heteroatoms. The van der Waals surface area contributed by atoms with E-state index in [4.69, 9.17) is 9.39 Å². The topological polar surface area (TPSA) is 18.5 Å². The summed E-state index contributed by atoms with van der Waals surface area (Å²) < 4.78 is 20.0. The molecule has 0 rings (SSSR count). The number of ether oxygens (including phenoxy) is 1. The first-order valence-electron chi connectivity index (χ1n) is 20.3. The monoisotopic (exact) mass is 725 g/mol. The molecule has 0 unspecified atom stereocenters. The molecule has 0 aliphatic heterocycles. The summed E-state index contributed by atoms with van der Waals surface area (Å²) in [4.78, 5) is 0. The van der Waals surface area contributed by atoms with Gasteiger partial charge in [-0.05, 0) is 0 Å². The molecule has 0 fully saturated rings. The normalized spacial score (nSPS) is 12.9. The van der Waals surface area contributed by atoms with E-state index in [9.17, 15) is 0 Å². The fourth-order valence-electron chi connectivity index (χ4n) is 6.96. The third-order valence-corrected chi connectivity index (χ3v) is 26.3. The van der Waals surface area contributed by atoms with Crippen LogP contribution in [0.25, 0.3) is 0 Å². The molecule has 0 N–H and O–H groups in total. The predicted molar refractivity (Wildman–Crippen MR) is 205 cm³/mol. The van der Waals surface area contributed by atoms with Gasteiger partial charge < -0.3 is 0 Å². The van der Waals surface area contributed by atoms with Gasteiger partial charge in [-0.3, -0.25) is 0 Å². The maximum atomic E-state index is 6.95. The van der Waals surface area contributed by atoms with Crippen LogP contribution in [0.15, 0.2) is 21.2 Å². The van der Waals surface area contributed by atoms with E-state index in [0.717, 1.165) is 5.95 Å². The first-order chi connectivity index (χ1) is 21.5. The summed E-state index contributed by atoms with van der Waals surface area (Å²) in [5.41, 5.74) is 1.67. The molecule has 0 atom stereocenters. The molecule has 0 amide bonds. The van der Waals surface area contributed by atoms with Crippen LogP contribution in [0.4, 0.5) is 0 Å². The van der Waals surface area contributed by atoms with Crippen molar-refractivity contribution >= 4 is 25.3 Å². The predicted octanol–water partition coefficient (Wildman–Crippen LogP) is 14.9. The zero-order valence-electron chi connectivity index (χ0n) is 31.8. The maximum absolute atomic E-state index is 6.95.